The summed E-state index contributed by atoms with van der Waals surface area (Å²) < 4.78 is 0.162. The smallest absolute Gasteiger partial charge is 0.268 e. The van der Waals surface area contributed by atoms with Crippen LogP contribution >= 0.6 is 24.0 Å². The molecule has 1 fully saturated rings. The van der Waals surface area contributed by atoms with E-state index in [1.54, 1.807) is 24.3 Å². The molecule has 2 amide bonds. The van der Waals surface area contributed by atoms with Crippen molar-refractivity contribution in [3.8, 4) is 0 Å². The second-order valence-electron chi connectivity index (χ2n) is 5.54. The summed E-state index contributed by atoms with van der Waals surface area (Å²) >= 11 is 6.22. The molecule has 0 unspecified atom stereocenters. The fraction of sp³-hybridized carbons (Fsp3) is 0.0556. The molecule has 0 aromatic heterocycles. The van der Waals surface area contributed by atoms with E-state index in [4.69, 9.17) is 12.2 Å². The molecule has 6 nitrogen and oxygen atoms in total. The summed E-state index contributed by atoms with van der Waals surface area (Å²) in [6.07, 6.45) is 1.56. The first-order chi connectivity index (χ1) is 12.4. The highest BCUT2D eigenvalue weighted by molar-refractivity contribution is 8.26. The number of hydrogen-bond donors (Lipinski definition) is 0. The number of nitrogens with zero attached hydrogens (tertiary/aromatic N) is 2. The van der Waals surface area contributed by atoms with Gasteiger partial charge < -0.3 is 0 Å². The van der Waals surface area contributed by atoms with Crippen molar-refractivity contribution in [3.63, 3.8) is 0 Å². The van der Waals surface area contributed by atoms with Crippen molar-refractivity contribution >= 4 is 51.9 Å². The molecule has 2 aromatic carbocycles. The summed E-state index contributed by atoms with van der Waals surface area (Å²) in [7, 11) is 0. The van der Waals surface area contributed by atoms with E-state index in [-0.39, 0.29) is 10.0 Å². The highest BCUT2D eigenvalue weighted by Gasteiger charge is 2.37. The van der Waals surface area contributed by atoms with Crippen molar-refractivity contribution in [2.45, 2.75) is 6.92 Å². The average Bonchev–Trinajstić information content (AvgIpc) is 2.88. The SMILES string of the molecule is Cc1cccc(C(=O)N2C(=O)C(=Cc3ccc([N+](=O)[O-])cc3)SC2=S)c1. The standard InChI is InChI=1S/C18H12N2O4S2/c1-11-3-2-4-13(9-11)16(21)19-17(22)15(26-18(19)25)10-12-5-7-14(8-6-12)20(23)24/h2-10H,1H3. The minimum atomic E-state index is -0.496. The number of benzene rings is 2. The van der Waals surface area contributed by atoms with E-state index in [2.05, 4.69) is 0 Å². The zero-order valence-corrected chi connectivity index (χ0v) is 15.2. The molecule has 0 N–H and O–H groups in total. The highest BCUT2D eigenvalue weighted by Crippen LogP contribution is 2.33. The Morgan fingerprint density at radius 1 is 1.23 bits per heavy atom. The van der Waals surface area contributed by atoms with Crippen molar-refractivity contribution < 1.29 is 14.5 Å². The summed E-state index contributed by atoms with van der Waals surface area (Å²) in [5, 5.41) is 10.7. The zero-order chi connectivity index (χ0) is 18.8. The van der Waals surface area contributed by atoms with Crippen LogP contribution in [0.3, 0.4) is 0 Å². The zero-order valence-electron chi connectivity index (χ0n) is 13.5. The quantitative estimate of drug-likeness (QED) is 0.262. The van der Waals surface area contributed by atoms with Crippen LogP contribution in [0.4, 0.5) is 5.69 Å². The van der Waals surface area contributed by atoms with Gasteiger partial charge in [0.15, 0.2) is 4.32 Å². The lowest BCUT2D eigenvalue weighted by atomic mass is 10.1. The maximum Gasteiger partial charge on any atom is 0.273 e. The highest BCUT2D eigenvalue weighted by atomic mass is 32.2. The Morgan fingerprint density at radius 3 is 2.54 bits per heavy atom. The van der Waals surface area contributed by atoms with E-state index in [1.807, 2.05) is 13.0 Å². The number of aryl methyl sites for hydroxylation is 1. The summed E-state index contributed by atoms with van der Waals surface area (Å²) in [6, 6.07) is 12.7. The minimum Gasteiger partial charge on any atom is -0.268 e. The van der Waals surface area contributed by atoms with Gasteiger partial charge >= 0.3 is 0 Å². The van der Waals surface area contributed by atoms with Gasteiger partial charge in [0.05, 0.1) is 9.83 Å². The Hall–Kier alpha value is -2.84. The van der Waals surface area contributed by atoms with Crippen LogP contribution in [0.25, 0.3) is 6.08 Å². The fourth-order valence-corrected chi connectivity index (χ4v) is 3.65. The number of carbonyl (C=O) groups excluding carboxylic acids is 2. The molecule has 1 heterocycles. The maximum absolute atomic E-state index is 12.6. The van der Waals surface area contributed by atoms with E-state index in [0.29, 0.717) is 16.0 Å². The number of carbonyl (C=O) groups is 2. The van der Waals surface area contributed by atoms with Crippen LogP contribution in [0.15, 0.2) is 53.4 Å². The first-order valence-electron chi connectivity index (χ1n) is 7.50. The molecule has 130 valence electrons. The molecular weight excluding hydrogens is 372 g/mol. The van der Waals surface area contributed by atoms with Gasteiger partial charge in [-0.25, -0.2) is 4.90 Å². The minimum absolute atomic E-state index is 0.0377. The van der Waals surface area contributed by atoms with Crippen LogP contribution in [0, 0.1) is 17.0 Å². The molecule has 2 aromatic rings. The number of thioether (sulfide) groups is 1. The Balaban J connectivity index is 1.86. The number of nitro groups is 1. The van der Waals surface area contributed by atoms with Crippen LogP contribution < -0.4 is 0 Å². The predicted molar refractivity (Wildman–Crippen MR) is 104 cm³/mol. The number of thiocarbonyl (C=S) groups is 1. The molecule has 1 saturated heterocycles. The predicted octanol–water partition coefficient (Wildman–Crippen LogP) is 3.94. The number of rotatable bonds is 3. The van der Waals surface area contributed by atoms with Crippen molar-refractivity contribution in [3.05, 3.63) is 80.2 Å². The molecule has 26 heavy (non-hydrogen) atoms. The van der Waals surface area contributed by atoms with Crippen molar-refractivity contribution in [1.29, 1.82) is 0 Å². The third-order valence-electron chi connectivity index (χ3n) is 3.66. The largest absolute Gasteiger partial charge is 0.273 e. The maximum atomic E-state index is 12.6. The lowest BCUT2D eigenvalue weighted by molar-refractivity contribution is -0.384. The number of imide groups is 1. The number of amides is 2. The van der Waals surface area contributed by atoms with Crippen LogP contribution in [0.5, 0.6) is 0 Å². The van der Waals surface area contributed by atoms with Gasteiger partial charge in [-0.05, 0) is 42.8 Å². The van der Waals surface area contributed by atoms with Gasteiger partial charge in [0.2, 0.25) is 0 Å². The van der Waals surface area contributed by atoms with Gasteiger partial charge in [-0.2, -0.15) is 0 Å². The van der Waals surface area contributed by atoms with E-state index < -0.39 is 16.7 Å². The van der Waals surface area contributed by atoms with Gasteiger partial charge in [0, 0.05) is 17.7 Å². The summed E-state index contributed by atoms with van der Waals surface area (Å²) in [5.74, 6) is -0.965. The van der Waals surface area contributed by atoms with Gasteiger partial charge in [0.25, 0.3) is 17.5 Å². The van der Waals surface area contributed by atoms with E-state index in [9.17, 15) is 19.7 Å². The molecule has 0 bridgehead atoms. The Morgan fingerprint density at radius 2 is 1.92 bits per heavy atom. The van der Waals surface area contributed by atoms with Gasteiger partial charge in [-0.1, -0.05) is 41.7 Å². The van der Waals surface area contributed by atoms with E-state index >= 15 is 0 Å². The molecule has 3 rings (SSSR count). The molecule has 0 spiro atoms. The number of nitro benzene ring substituents is 1. The molecule has 0 atom stereocenters. The van der Waals surface area contributed by atoms with Gasteiger partial charge in [0.1, 0.15) is 0 Å². The third-order valence-corrected chi connectivity index (χ3v) is 4.97. The summed E-state index contributed by atoms with van der Waals surface area (Å²) in [5.41, 5.74) is 1.86. The number of non-ortho nitro benzene ring substituents is 1. The van der Waals surface area contributed by atoms with E-state index in [0.717, 1.165) is 22.2 Å². The van der Waals surface area contributed by atoms with Crippen LogP contribution in [0.2, 0.25) is 0 Å². The molecule has 0 radical (unpaired) electrons. The molecule has 0 saturated carbocycles. The van der Waals surface area contributed by atoms with Gasteiger partial charge in [-0.3, -0.25) is 19.7 Å². The Kier molecular flexibility index (Phi) is 4.97. The molecule has 1 aliphatic heterocycles. The average molecular weight is 384 g/mol. The lowest BCUT2D eigenvalue weighted by Gasteiger charge is -2.12. The third kappa shape index (κ3) is 3.56. The molecule has 0 aliphatic carbocycles. The molecule has 1 aliphatic rings. The molecule has 8 heteroatoms. The normalized spacial score (nSPS) is 15.6. The Bertz CT molecular complexity index is 967. The van der Waals surface area contributed by atoms with Gasteiger partial charge in [-0.15, -0.1) is 0 Å². The van der Waals surface area contributed by atoms with E-state index in [1.165, 1.54) is 24.3 Å². The monoisotopic (exact) mass is 384 g/mol. The summed E-state index contributed by atoms with van der Waals surface area (Å²) in [4.78, 5) is 36.7. The topological polar surface area (TPSA) is 80.5 Å². The Labute approximate surface area is 158 Å². The van der Waals surface area contributed by atoms with Crippen LogP contribution in [-0.4, -0.2) is 26.0 Å². The van der Waals surface area contributed by atoms with Crippen molar-refractivity contribution in [2.24, 2.45) is 0 Å². The fourth-order valence-electron chi connectivity index (χ4n) is 2.39. The first kappa shape index (κ1) is 18.0. The van der Waals surface area contributed by atoms with Crippen LogP contribution in [0.1, 0.15) is 21.5 Å². The second kappa shape index (κ2) is 7.19. The number of hydrogen-bond acceptors (Lipinski definition) is 6. The van der Waals surface area contributed by atoms with Crippen LogP contribution in [-0.2, 0) is 4.79 Å². The van der Waals surface area contributed by atoms with Crippen molar-refractivity contribution in [2.75, 3.05) is 0 Å². The van der Waals surface area contributed by atoms with Crippen molar-refractivity contribution in [1.82, 2.24) is 4.90 Å². The lowest BCUT2D eigenvalue weighted by Crippen LogP contribution is -2.34. The second-order valence-corrected chi connectivity index (χ2v) is 7.22. The summed E-state index contributed by atoms with van der Waals surface area (Å²) in [6.45, 7) is 1.86. The molecular formula is C18H12N2O4S2. The first-order valence-corrected chi connectivity index (χ1v) is 8.73.